The molecule has 2 saturated carbocycles. The van der Waals surface area contributed by atoms with Gasteiger partial charge >= 0.3 is 0 Å². The van der Waals surface area contributed by atoms with E-state index in [1.54, 1.807) is 47.1 Å². The molecule has 4 bridgehead atoms. The molecule has 0 amide bonds. The fraction of sp³-hybridized carbons (Fsp3) is 0.478. The molecule has 2 saturated heterocycles. The van der Waals surface area contributed by atoms with Crippen molar-refractivity contribution in [2.75, 3.05) is 33.0 Å². The van der Waals surface area contributed by atoms with E-state index in [2.05, 4.69) is 24.3 Å². The molecular weight excluding hydrogens is 801 g/mol. The Kier molecular flexibility index (Phi) is 10.5. The number of nitrogen functional groups attached to an aromatic ring is 1. The van der Waals surface area contributed by atoms with Crippen molar-refractivity contribution < 1.29 is 31.2 Å². The number of hydrogen-bond acceptors (Lipinski definition) is 9. The average molecular weight is 855 g/mol. The minimum Gasteiger partial charge on any atom is -0.497 e. The number of piperidine rings is 2. The van der Waals surface area contributed by atoms with E-state index in [0.717, 1.165) is 69.3 Å². The molecule has 6 atom stereocenters. The molecular formula is C46H54N4O8S2. The number of methoxy groups -OCH3 is 2. The monoisotopic (exact) mass is 854 g/mol. The number of ether oxygens (including phenoxy) is 2. The molecule has 14 heteroatoms. The van der Waals surface area contributed by atoms with Crippen LogP contribution in [0.2, 0.25) is 0 Å². The summed E-state index contributed by atoms with van der Waals surface area (Å²) < 4.78 is 68.8. The first-order valence-electron chi connectivity index (χ1n) is 21.3. The number of nitro groups is 1. The van der Waals surface area contributed by atoms with Crippen molar-refractivity contribution in [3.05, 3.63) is 117 Å². The van der Waals surface area contributed by atoms with E-state index in [9.17, 15) is 26.9 Å². The summed E-state index contributed by atoms with van der Waals surface area (Å²) in [6, 6.07) is 24.4. The van der Waals surface area contributed by atoms with E-state index in [1.807, 2.05) is 12.1 Å². The van der Waals surface area contributed by atoms with Crippen LogP contribution in [0.4, 0.5) is 11.4 Å². The standard InChI is InChI=1S/C23H26N2O5S.C23H28N2O3S/c1-30-18-8-5-16-14-22-20-4-2-3-11-23(20,21(16)15-18)12-13-24(22)31(28,29)19-9-6-17(7-10-19)25(26)27;1-28-18-8-5-16-14-22-20-4-2-3-11-23(20,21(16)15-18)12-13-25(22)29(26,27)19-9-6-17(24)7-10-19/h5-10,15,20,22H,2-4,11-14H2,1H3;5-10,15,20,22H,2-4,11-14,24H2,1H3/t2*20-,22+,23+/m11/s1. The van der Waals surface area contributed by atoms with E-state index < -0.39 is 25.0 Å². The molecule has 10 rings (SSSR count). The quantitative estimate of drug-likeness (QED) is 0.111. The lowest BCUT2D eigenvalue weighted by molar-refractivity contribution is -0.384. The average Bonchev–Trinajstić information content (AvgIpc) is 3.26. The van der Waals surface area contributed by atoms with Gasteiger partial charge in [0.2, 0.25) is 20.0 Å². The van der Waals surface area contributed by atoms with Gasteiger partial charge in [-0.1, -0.05) is 37.8 Å². The van der Waals surface area contributed by atoms with Gasteiger partial charge in [-0.25, -0.2) is 16.8 Å². The van der Waals surface area contributed by atoms with Gasteiger partial charge in [-0.05, 0) is 146 Å². The third-order valence-corrected chi connectivity index (χ3v) is 19.0. The number of non-ortho nitro benzene ring substituents is 1. The van der Waals surface area contributed by atoms with Crippen LogP contribution in [-0.2, 0) is 43.7 Å². The number of nitrogens with zero attached hydrogens (tertiary/aromatic N) is 3. The van der Waals surface area contributed by atoms with Crippen molar-refractivity contribution in [3.63, 3.8) is 0 Å². The van der Waals surface area contributed by atoms with Gasteiger partial charge in [-0.3, -0.25) is 10.1 Å². The van der Waals surface area contributed by atoms with Crippen molar-refractivity contribution in [1.29, 1.82) is 0 Å². The summed E-state index contributed by atoms with van der Waals surface area (Å²) in [5.74, 6) is 2.41. The molecule has 4 aromatic carbocycles. The molecule has 0 aromatic heterocycles. The molecule has 2 N–H and O–H groups in total. The second-order valence-corrected chi connectivity index (χ2v) is 21.4. The fourth-order valence-electron chi connectivity index (χ4n) is 12.4. The second kappa shape index (κ2) is 15.4. The molecule has 12 nitrogen and oxygen atoms in total. The number of nitrogens with two attached hydrogens (primary N) is 1. The van der Waals surface area contributed by atoms with Crippen molar-refractivity contribution in [1.82, 2.24) is 8.61 Å². The van der Waals surface area contributed by atoms with Crippen LogP contribution in [0, 0.1) is 22.0 Å². The third kappa shape index (κ3) is 6.60. The van der Waals surface area contributed by atoms with Crippen LogP contribution in [0.5, 0.6) is 11.5 Å². The van der Waals surface area contributed by atoms with Crippen LogP contribution in [0.15, 0.2) is 94.7 Å². The number of benzene rings is 4. The smallest absolute Gasteiger partial charge is 0.269 e. The maximum atomic E-state index is 13.6. The number of sulfonamides is 2. The van der Waals surface area contributed by atoms with Crippen LogP contribution in [0.1, 0.15) is 86.5 Å². The highest BCUT2D eigenvalue weighted by atomic mass is 32.2. The zero-order valence-electron chi connectivity index (χ0n) is 34.3. The van der Waals surface area contributed by atoms with Crippen molar-refractivity contribution in [2.24, 2.45) is 11.8 Å². The number of hydrogen-bond donors (Lipinski definition) is 1. The van der Waals surface area contributed by atoms with Crippen LogP contribution in [0.25, 0.3) is 0 Å². The number of nitro benzene ring substituents is 1. The molecule has 4 aliphatic carbocycles. The zero-order valence-corrected chi connectivity index (χ0v) is 35.9. The minimum absolute atomic E-state index is 0.00648. The Morgan fingerprint density at radius 1 is 0.633 bits per heavy atom. The van der Waals surface area contributed by atoms with E-state index in [4.69, 9.17) is 15.2 Å². The van der Waals surface area contributed by atoms with Gasteiger partial charge in [0, 0.05) is 53.8 Å². The first-order valence-corrected chi connectivity index (χ1v) is 24.2. The lowest BCUT2D eigenvalue weighted by Crippen LogP contribution is -2.62. The van der Waals surface area contributed by atoms with Gasteiger partial charge < -0.3 is 15.2 Å². The summed E-state index contributed by atoms with van der Waals surface area (Å²) in [4.78, 5) is 10.9. The molecule has 0 radical (unpaired) electrons. The fourth-order valence-corrected chi connectivity index (χ4v) is 15.7. The molecule has 2 heterocycles. The summed E-state index contributed by atoms with van der Waals surface area (Å²) in [5.41, 5.74) is 11.6. The second-order valence-electron chi connectivity index (χ2n) is 17.7. The van der Waals surface area contributed by atoms with Gasteiger partial charge in [-0.15, -0.1) is 0 Å². The summed E-state index contributed by atoms with van der Waals surface area (Å²) in [6.45, 7) is 1.04. The number of rotatable bonds is 7. The summed E-state index contributed by atoms with van der Waals surface area (Å²) >= 11 is 0. The highest BCUT2D eigenvalue weighted by Gasteiger charge is 2.57. The number of anilines is 1. The highest BCUT2D eigenvalue weighted by Crippen LogP contribution is 2.58. The van der Waals surface area contributed by atoms with E-state index in [-0.39, 0.29) is 39.4 Å². The Labute approximate surface area is 353 Å². The summed E-state index contributed by atoms with van der Waals surface area (Å²) in [7, 11) is -3.89. The SMILES string of the molecule is COc1ccc2c(c1)[C@]13CCCC[C@@H]1[C@H](C2)N(S(=O)(=O)c1ccc(N)cc1)CC3.COc1ccc2c(c1)[C@]13CCCC[C@@H]1[C@H](C2)N(S(=O)(=O)c1ccc([N+](=O)[O-])cc1)CC3. The van der Waals surface area contributed by atoms with Gasteiger partial charge in [0.25, 0.3) is 5.69 Å². The summed E-state index contributed by atoms with van der Waals surface area (Å²) in [6.07, 6.45) is 12.2. The van der Waals surface area contributed by atoms with Crippen molar-refractivity contribution in [3.8, 4) is 11.5 Å². The predicted octanol–water partition coefficient (Wildman–Crippen LogP) is 7.78. The Morgan fingerprint density at radius 2 is 1.07 bits per heavy atom. The third-order valence-electron chi connectivity index (χ3n) is 15.1. The maximum absolute atomic E-state index is 13.6. The lowest BCUT2D eigenvalue weighted by Gasteiger charge is -2.58. The Hall–Kier alpha value is -4.50. The first-order chi connectivity index (χ1) is 28.8. The van der Waals surface area contributed by atoms with Crippen LogP contribution in [-0.4, -0.2) is 69.8 Å². The molecule has 0 unspecified atom stereocenters. The largest absolute Gasteiger partial charge is 0.497 e. The van der Waals surface area contributed by atoms with Gasteiger partial charge in [0.15, 0.2) is 0 Å². The summed E-state index contributed by atoms with van der Waals surface area (Å²) in [5, 5.41) is 11.0. The van der Waals surface area contributed by atoms with Gasteiger partial charge in [0.1, 0.15) is 11.5 Å². The van der Waals surface area contributed by atoms with Crippen molar-refractivity contribution >= 4 is 31.4 Å². The van der Waals surface area contributed by atoms with E-state index in [1.165, 1.54) is 59.4 Å². The Morgan fingerprint density at radius 3 is 1.48 bits per heavy atom. The van der Waals surface area contributed by atoms with Crippen LogP contribution < -0.4 is 15.2 Å². The Bertz CT molecular complexity index is 2520. The molecule has 318 valence electrons. The van der Waals surface area contributed by atoms with Crippen LogP contribution >= 0.6 is 0 Å². The van der Waals surface area contributed by atoms with Gasteiger partial charge in [-0.2, -0.15) is 8.61 Å². The normalized spacial score (nSPS) is 28.4. The minimum atomic E-state index is -3.74. The Balaban J connectivity index is 0.000000154. The van der Waals surface area contributed by atoms with E-state index >= 15 is 0 Å². The molecule has 6 aliphatic rings. The zero-order chi connectivity index (χ0) is 42.0. The topological polar surface area (TPSA) is 162 Å². The predicted molar refractivity (Wildman–Crippen MR) is 229 cm³/mol. The molecule has 0 spiro atoms. The van der Waals surface area contributed by atoms with E-state index in [0.29, 0.717) is 36.0 Å². The first kappa shape index (κ1) is 40.9. The molecule has 60 heavy (non-hydrogen) atoms. The van der Waals surface area contributed by atoms with Crippen molar-refractivity contribution in [2.45, 2.75) is 110 Å². The highest BCUT2D eigenvalue weighted by molar-refractivity contribution is 7.89. The lowest BCUT2D eigenvalue weighted by atomic mass is 9.53. The molecule has 2 aliphatic heterocycles. The molecule has 4 aromatic rings. The maximum Gasteiger partial charge on any atom is 0.269 e. The number of fused-ring (bicyclic) bond motifs is 2. The van der Waals surface area contributed by atoms with Gasteiger partial charge in [0.05, 0.1) is 28.9 Å². The molecule has 4 fully saturated rings. The van der Waals surface area contributed by atoms with Crippen LogP contribution in [0.3, 0.4) is 0 Å².